The number of nitrogens with zero attached hydrogens (tertiary/aromatic N) is 1. The molecular weight excluding hydrogens is 150 g/mol. The lowest BCUT2D eigenvalue weighted by molar-refractivity contribution is -0.889. The number of likely N-dealkylation sites (N-methyl/N-ethyl adjacent to an activating group) is 1. The van der Waals surface area contributed by atoms with Gasteiger partial charge < -0.3 is 4.48 Å². The van der Waals surface area contributed by atoms with Gasteiger partial charge in [-0.2, -0.15) is 0 Å². The fourth-order valence-electron chi connectivity index (χ4n) is 1.82. The van der Waals surface area contributed by atoms with E-state index in [0.717, 1.165) is 11.0 Å². The molecule has 0 saturated carbocycles. The first-order valence-corrected chi connectivity index (χ1v) is 4.90. The Morgan fingerprint density at radius 1 is 1.33 bits per heavy atom. The first-order valence-electron chi connectivity index (χ1n) is 4.90. The normalized spacial score (nSPS) is 21.7. The molecule has 70 valence electrons. The highest BCUT2D eigenvalue weighted by molar-refractivity contribution is 5.81. The molecule has 0 aliphatic carbocycles. The first kappa shape index (κ1) is 9.72. The number of hydrogen-bond donors (Lipinski definition) is 0. The summed E-state index contributed by atoms with van der Waals surface area (Å²) in [7, 11) is 2.20. The summed E-state index contributed by atoms with van der Waals surface area (Å²) < 4.78 is 0.983. The topological polar surface area (TPSA) is 17.1 Å². The van der Waals surface area contributed by atoms with Crippen molar-refractivity contribution in [1.82, 2.24) is 0 Å². The maximum absolute atomic E-state index is 11.5. The predicted molar refractivity (Wildman–Crippen MR) is 49.9 cm³/mol. The van der Waals surface area contributed by atoms with Crippen LogP contribution in [0.15, 0.2) is 0 Å². The zero-order chi connectivity index (χ0) is 9.19. The molecule has 0 atom stereocenters. The van der Waals surface area contributed by atoms with Crippen molar-refractivity contribution in [3.8, 4) is 0 Å². The van der Waals surface area contributed by atoms with Gasteiger partial charge in [0.15, 0.2) is 5.78 Å². The molecule has 0 amide bonds. The van der Waals surface area contributed by atoms with Gasteiger partial charge in [0.05, 0.1) is 20.1 Å². The summed E-state index contributed by atoms with van der Waals surface area (Å²) in [5, 5.41) is 0. The predicted octanol–water partition coefficient (Wildman–Crippen LogP) is 1.45. The molecule has 1 heterocycles. The SMILES string of the molecule is CC(C)C(=O)C[N+]1(C)CCCC1. The van der Waals surface area contributed by atoms with Crippen molar-refractivity contribution in [2.45, 2.75) is 26.7 Å². The molecule has 0 radical (unpaired) electrons. The molecule has 0 bridgehead atoms. The summed E-state index contributed by atoms with van der Waals surface area (Å²) >= 11 is 0. The van der Waals surface area contributed by atoms with Gasteiger partial charge in [-0.1, -0.05) is 13.8 Å². The van der Waals surface area contributed by atoms with Crippen LogP contribution < -0.4 is 0 Å². The molecule has 0 spiro atoms. The molecule has 0 aromatic heterocycles. The van der Waals surface area contributed by atoms with Crippen LogP contribution in [0.25, 0.3) is 0 Å². The lowest BCUT2D eigenvalue weighted by Crippen LogP contribution is -2.45. The number of rotatable bonds is 3. The van der Waals surface area contributed by atoms with Crippen molar-refractivity contribution in [3.05, 3.63) is 0 Å². The number of carbonyl (C=O) groups is 1. The van der Waals surface area contributed by atoms with E-state index in [9.17, 15) is 4.79 Å². The number of Topliss-reactive ketones (excluding diaryl/α,β-unsaturated/α-hetero) is 1. The summed E-state index contributed by atoms with van der Waals surface area (Å²) in [5.41, 5.74) is 0. The summed E-state index contributed by atoms with van der Waals surface area (Å²) in [6, 6.07) is 0. The van der Waals surface area contributed by atoms with E-state index in [1.54, 1.807) is 0 Å². The highest BCUT2D eigenvalue weighted by Crippen LogP contribution is 2.16. The molecule has 1 rings (SSSR count). The molecular formula is C10H20NO+. The van der Waals surface area contributed by atoms with E-state index in [0.29, 0.717) is 5.78 Å². The highest BCUT2D eigenvalue weighted by atomic mass is 16.1. The van der Waals surface area contributed by atoms with Crippen LogP contribution in [-0.4, -0.2) is 36.9 Å². The van der Waals surface area contributed by atoms with Crippen LogP contribution in [0.5, 0.6) is 0 Å². The van der Waals surface area contributed by atoms with Gasteiger partial charge in [-0.05, 0) is 0 Å². The average molecular weight is 170 g/mol. The second-order valence-corrected chi connectivity index (χ2v) is 4.55. The number of hydrogen-bond acceptors (Lipinski definition) is 1. The van der Waals surface area contributed by atoms with Gasteiger partial charge >= 0.3 is 0 Å². The minimum atomic E-state index is 0.209. The summed E-state index contributed by atoms with van der Waals surface area (Å²) in [6.07, 6.45) is 2.59. The molecule has 12 heavy (non-hydrogen) atoms. The van der Waals surface area contributed by atoms with Crippen molar-refractivity contribution in [2.24, 2.45) is 5.92 Å². The third-order valence-corrected chi connectivity index (χ3v) is 2.83. The average Bonchev–Trinajstić information content (AvgIpc) is 2.35. The fourth-order valence-corrected chi connectivity index (χ4v) is 1.82. The molecule has 1 saturated heterocycles. The Labute approximate surface area is 75.1 Å². The number of quaternary nitrogens is 1. The standard InChI is InChI=1S/C10H20NO/c1-9(2)10(12)8-11(3)6-4-5-7-11/h9H,4-8H2,1-3H3/q+1. The number of ketones is 1. The molecule has 1 aliphatic rings. The van der Waals surface area contributed by atoms with Gasteiger partial charge in [0.25, 0.3) is 0 Å². The monoisotopic (exact) mass is 170 g/mol. The van der Waals surface area contributed by atoms with Gasteiger partial charge in [-0.25, -0.2) is 0 Å². The quantitative estimate of drug-likeness (QED) is 0.586. The van der Waals surface area contributed by atoms with E-state index < -0.39 is 0 Å². The highest BCUT2D eigenvalue weighted by Gasteiger charge is 2.29. The molecule has 0 aromatic carbocycles. The van der Waals surface area contributed by atoms with E-state index >= 15 is 0 Å². The Hall–Kier alpha value is -0.370. The summed E-state index contributed by atoms with van der Waals surface area (Å²) in [4.78, 5) is 11.5. The first-order chi connectivity index (χ1) is 5.53. The minimum absolute atomic E-state index is 0.209. The van der Waals surface area contributed by atoms with Crippen LogP contribution in [0.1, 0.15) is 26.7 Å². The molecule has 0 N–H and O–H groups in total. The maximum atomic E-state index is 11.5. The molecule has 2 heteroatoms. The lowest BCUT2D eigenvalue weighted by atomic mass is 10.1. The van der Waals surface area contributed by atoms with Gasteiger partial charge in [0, 0.05) is 18.8 Å². The largest absolute Gasteiger partial charge is 0.320 e. The van der Waals surface area contributed by atoms with E-state index in [2.05, 4.69) is 7.05 Å². The number of likely N-dealkylation sites (tertiary alicyclic amines) is 1. The Bertz CT molecular complexity index is 169. The van der Waals surface area contributed by atoms with E-state index in [-0.39, 0.29) is 5.92 Å². The smallest absolute Gasteiger partial charge is 0.189 e. The summed E-state index contributed by atoms with van der Waals surface area (Å²) in [5.74, 6) is 0.625. The fraction of sp³-hybridized carbons (Fsp3) is 0.900. The van der Waals surface area contributed by atoms with Gasteiger partial charge in [0.1, 0.15) is 6.54 Å². The zero-order valence-corrected chi connectivity index (χ0v) is 8.47. The second kappa shape index (κ2) is 3.56. The van der Waals surface area contributed by atoms with Crippen molar-refractivity contribution >= 4 is 5.78 Å². The molecule has 0 aromatic rings. The van der Waals surface area contributed by atoms with E-state index in [1.807, 2.05) is 13.8 Å². The Balaban J connectivity index is 2.44. The zero-order valence-electron chi connectivity index (χ0n) is 8.47. The third kappa shape index (κ3) is 2.31. The van der Waals surface area contributed by atoms with Gasteiger partial charge in [-0.15, -0.1) is 0 Å². The van der Waals surface area contributed by atoms with Crippen LogP contribution in [0.2, 0.25) is 0 Å². The molecule has 1 aliphatic heterocycles. The van der Waals surface area contributed by atoms with E-state index in [4.69, 9.17) is 0 Å². The summed E-state index contributed by atoms with van der Waals surface area (Å²) in [6.45, 7) is 7.11. The molecule has 0 unspecified atom stereocenters. The van der Waals surface area contributed by atoms with Crippen molar-refractivity contribution in [1.29, 1.82) is 0 Å². The van der Waals surface area contributed by atoms with Crippen LogP contribution in [0.4, 0.5) is 0 Å². The lowest BCUT2D eigenvalue weighted by Gasteiger charge is -2.28. The minimum Gasteiger partial charge on any atom is -0.320 e. The number of carbonyl (C=O) groups excluding carboxylic acids is 1. The van der Waals surface area contributed by atoms with Crippen molar-refractivity contribution < 1.29 is 9.28 Å². The third-order valence-electron chi connectivity index (χ3n) is 2.83. The Kier molecular flexibility index (Phi) is 2.89. The van der Waals surface area contributed by atoms with Crippen molar-refractivity contribution in [3.63, 3.8) is 0 Å². The maximum Gasteiger partial charge on any atom is 0.189 e. The molecule has 1 fully saturated rings. The second-order valence-electron chi connectivity index (χ2n) is 4.55. The van der Waals surface area contributed by atoms with Crippen molar-refractivity contribution in [2.75, 3.05) is 26.7 Å². The Morgan fingerprint density at radius 2 is 1.83 bits per heavy atom. The van der Waals surface area contributed by atoms with Gasteiger partial charge in [-0.3, -0.25) is 4.79 Å². The van der Waals surface area contributed by atoms with Crippen LogP contribution in [-0.2, 0) is 4.79 Å². The van der Waals surface area contributed by atoms with Crippen LogP contribution in [0.3, 0.4) is 0 Å². The Morgan fingerprint density at radius 3 is 2.25 bits per heavy atom. The molecule has 2 nitrogen and oxygen atoms in total. The van der Waals surface area contributed by atoms with Gasteiger partial charge in [0.2, 0.25) is 0 Å². The van der Waals surface area contributed by atoms with Crippen LogP contribution in [0, 0.1) is 5.92 Å². The van der Waals surface area contributed by atoms with E-state index in [1.165, 1.54) is 25.9 Å². The van der Waals surface area contributed by atoms with Crippen LogP contribution >= 0.6 is 0 Å².